The predicted octanol–water partition coefficient (Wildman–Crippen LogP) is 2.58. The van der Waals surface area contributed by atoms with Gasteiger partial charge in [-0.3, -0.25) is 4.79 Å². The average molecular weight is 419 g/mol. The predicted molar refractivity (Wildman–Crippen MR) is 112 cm³/mol. The van der Waals surface area contributed by atoms with Crippen LogP contribution in [0.1, 0.15) is 29.6 Å². The van der Waals surface area contributed by atoms with Crippen LogP contribution in [0.4, 0.5) is 11.5 Å². The van der Waals surface area contributed by atoms with Crippen LogP contribution >= 0.6 is 0 Å². The molecule has 8 nitrogen and oxygen atoms in total. The molecule has 9 heteroatoms. The highest BCUT2D eigenvalue weighted by Gasteiger charge is 2.24. The molecule has 1 amide bonds. The molecule has 0 unspecified atom stereocenters. The molecule has 0 bridgehead atoms. The minimum atomic E-state index is -3.76. The maximum atomic E-state index is 12.7. The van der Waals surface area contributed by atoms with Crippen LogP contribution in [-0.4, -0.2) is 57.9 Å². The van der Waals surface area contributed by atoms with Crippen LogP contribution in [0.3, 0.4) is 0 Å². The molecule has 1 aliphatic heterocycles. The van der Waals surface area contributed by atoms with Gasteiger partial charge in [0.2, 0.25) is 10.0 Å². The Morgan fingerprint density at radius 2 is 1.86 bits per heavy atom. The fourth-order valence-electron chi connectivity index (χ4n) is 3.19. The third-order valence-electron chi connectivity index (χ3n) is 4.87. The van der Waals surface area contributed by atoms with E-state index >= 15 is 0 Å². The van der Waals surface area contributed by atoms with E-state index in [1.54, 1.807) is 12.3 Å². The van der Waals surface area contributed by atoms with Crippen molar-refractivity contribution in [2.75, 3.05) is 44.5 Å². The molecule has 3 rings (SSSR count). The molecule has 0 aliphatic carbocycles. The minimum Gasteiger partial charge on any atom is -0.495 e. The van der Waals surface area contributed by atoms with Crippen LogP contribution in [-0.2, 0) is 10.0 Å². The van der Waals surface area contributed by atoms with E-state index in [9.17, 15) is 13.2 Å². The number of piperidine rings is 1. The summed E-state index contributed by atoms with van der Waals surface area (Å²) in [4.78, 5) is 19.3. The molecule has 2 aromatic rings. The number of nitrogens with zero attached hydrogens (tertiary/aromatic N) is 3. The van der Waals surface area contributed by atoms with Crippen LogP contribution < -0.4 is 15.0 Å². The molecule has 1 saturated heterocycles. The summed E-state index contributed by atoms with van der Waals surface area (Å²) in [5, 5.41) is 2.76. The third kappa shape index (κ3) is 4.68. The van der Waals surface area contributed by atoms with Crippen LogP contribution in [0.5, 0.6) is 5.75 Å². The first-order valence-corrected chi connectivity index (χ1v) is 10.9. The normalized spacial score (nSPS) is 14.7. The number of carbonyl (C=O) groups excluding carboxylic acids is 1. The first-order valence-electron chi connectivity index (χ1n) is 9.46. The number of amides is 1. The summed E-state index contributed by atoms with van der Waals surface area (Å²) in [6, 6.07) is 8.01. The second kappa shape index (κ2) is 8.79. The number of hydrogen-bond acceptors (Lipinski definition) is 6. The fraction of sp³-hybridized carbons (Fsp3) is 0.400. The Bertz CT molecular complexity index is 968. The number of carbonyl (C=O) groups is 1. The summed E-state index contributed by atoms with van der Waals surface area (Å²) in [6.07, 6.45) is 5.19. The van der Waals surface area contributed by atoms with E-state index < -0.39 is 15.9 Å². The Balaban J connectivity index is 1.78. The van der Waals surface area contributed by atoms with Crippen molar-refractivity contribution in [3.63, 3.8) is 0 Å². The van der Waals surface area contributed by atoms with E-state index in [1.165, 1.54) is 45.8 Å². The molecule has 0 saturated carbocycles. The summed E-state index contributed by atoms with van der Waals surface area (Å²) in [5.74, 6) is 0.657. The van der Waals surface area contributed by atoms with Crippen molar-refractivity contribution >= 4 is 27.4 Å². The van der Waals surface area contributed by atoms with Gasteiger partial charge in [-0.1, -0.05) is 0 Å². The van der Waals surface area contributed by atoms with Gasteiger partial charge < -0.3 is 15.0 Å². The Morgan fingerprint density at radius 1 is 1.14 bits per heavy atom. The highest BCUT2D eigenvalue weighted by Crippen LogP contribution is 2.27. The highest BCUT2D eigenvalue weighted by molar-refractivity contribution is 7.89. The van der Waals surface area contributed by atoms with Gasteiger partial charge in [0.25, 0.3) is 5.91 Å². The fourth-order valence-corrected chi connectivity index (χ4v) is 4.26. The second-order valence-electron chi connectivity index (χ2n) is 7.06. The van der Waals surface area contributed by atoms with Gasteiger partial charge in [0.05, 0.1) is 19.0 Å². The van der Waals surface area contributed by atoms with Gasteiger partial charge in [-0.05, 0) is 49.6 Å². The smallest absolute Gasteiger partial charge is 0.255 e. The Kier molecular flexibility index (Phi) is 6.39. The van der Waals surface area contributed by atoms with E-state index in [0.717, 1.165) is 36.1 Å². The van der Waals surface area contributed by atoms with Crippen LogP contribution in [0, 0.1) is 0 Å². The maximum absolute atomic E-state index is 12.7. The summed E-state index contributed by atoms with van der Waals surface area (Å²) in [7, 11) is 0.487. The number of benzene rings is 1. The van der Waals surface area contributed by atoms with Crippen molar-refractivity contribution in [3.8, 4) is 5.75 Å². The van der Waals surface area contributed by atoms with Gasteiger partial charge in [-0.2, -0.15) is 0 Å². The first-order chi connectivity index (χ1) is 13.8. The van der Waals surface area contributed by atoms with Gasteiger partial charge in [-0.25, -0.2) is 17.7 Å². The number of hydrogen-bond donors (Lipinski definition) is 1. The van der Waals surface area contributed by atoms with Crippen LogP contribution in [0.2, 0.25) is 0 Å². The summed E-state index contributed by atoms with van der Waals surface area (Å²) in [5.41, 5.74) is 0.759. The first kappa shape index (κ1) is 21.1. The van der Waals surface area contributed by atoms with Gasteiger partial charge >= 0.3 is 0 Å². The summed E-state index contributed by atoms with van der Waals surface area (Å²) < 4.78 is 31.3. The molecule has 1 aromatic carbocycles. The lowest BCUT2D eigenvalue weighted by Crippen LogP contribution is -2.30. The zero-order valence-corrected chi connectivity index (χ0v) is 17.7. The highest BCUT2D eigenvalue weighted by atomic mass is 32.2. The molecule has 1 N–H and O–H groups in total. The molecule has 1 aliphatic rings. The SMILES string of the molecule is COc1ccc(C(=O)Nc2ccc(N3CCCCC3)nc2)cc1S(=O)(=O)N(C)C. The summed E-state index contributed by atoms with van der Waals surface area (Å²) >= 11 is 0. The number of pyridine rings is 1. The molecular formula is C20H26N4O4S. The number of methoxy groups -OCH3 is 1. The minimum absolute atomic E-state index is 0.0591. The number of anilines is 2. The van der Waals surface area contributed by atoms with Crippen LogP contribution in [0.25, 0.3) is 0 Å². The van der Waals surface area contributed by atoms with E-state index in [-0.39, 0.29) is 16.2 Å². The summed E-state index contributed by atoms with van der Waals surface area (Å²) in [6.45, 7) is 1.99. The number of sulfonamides is 1. The second-order valence-corrected chi connectivity index (χ2v) is 9.18. The van der Waals surface area contributed by atoms with Crippen molar-refractivity contribution in [2.24, 2.45) is 0 Å². The van der Waals surface area contributed by atoms with Gasteiger partial charge in [0.1, 0.15) is 16.5 Å². The molecule has 1 aromatic heterocycles. The van der Waals surface area contributed by atoms with Crippen molar-refractivity contribution in [3.05, 3.63) is 42.1 Å². The monoisotopic (exact) mass is 418 g/mol. The lowest BCUT2D eigenvalue weighted by atomic mass is 10.1. The molecule has 0 atom stereocenters. The van der Waals surface area contributed by atoms with E-state index in [0.29, 0.717) is 5.69 Å². The Hall–Kier alpha value is -2.65. The lowest BCUT2D eigenvalue weighted by Gasteiger charge is -2.27. The largest absolute Gasteiger partial charge is 0.495 e. The lowest BCUT2D eigenvalue weighted by molar-refractivity contribution is 0.102. The standard InChI is InChI=1S/C20H26N4O4S/c1-23(2)29(26,27)18-13-15(7-9-17(18)28-3)20(25)22-16-8-10-19(21-14-16)24-11-5-4-6-12-24/h7-10,13-14H,4-6,11-12H2,1-3H3,(H,22,25). The maximum Gasteiger partial charge on any atom is 0.255 e. The van der Waals surface area contributed by atoms with Gasteiger partial charge in [0, 0.05) is 32.7 Å². The van der Waals surface area contributed by atoms with Crippen molar-refractivity contribution in [2.45, 2.75) is 24.2 Å². The number of aromatic nitrogens is 1. The van der Waals surface area contributed by atoms with Crippen molar-refractivity contribution < 1.29 is 17.9 Å². The van der Waals surface area contributed by atoms with Crippen molar-refractivity contribution in [1.29, 1.82) is 0 Å². The van der Waals surface area contributed by atoms with E-state index in [1.807, 2.05) is 6.07 Å². The molecular weight excluding hydrogens is 392 g/mol. The third-order valence-corrected chi connectivity index (χ3v) is 6.71. The van der Waals surface area contributed by atoms with Gasteiger partial charge in [0.15, 0.2) is 0 Å². The number of rotatable bonds is 6. The molecule has 0 radical (unpaired) electrons. The topological polar surface area (TPSA) is 91.8 Å². The van der Waals surface area contributed by atoms with E-state index in [4.69, 9.17) is 4.74 Å². The van der Waals surface area contributed by atoms with Crippen LogP contribution in [0.15, 0.2) is 41.4 Å². The molecule has 29 heavy (non-hydrogen) atoms. The zero-order valence-electron chi connectivity index (χ0n) is 16.9. The molecule has 156 valence electrons. The Labute approximate surface area is 171 Å². The number of ether oxygens (including phenoxy) is 1. The average Bonchev–Trinajstić information content (AvgIpc) is 2.74. The molecule has 2 heterocycles. The zero-order chi connectivity index (χ0) is 21.0. The molecule has 1 fully saturated rings. The van der Waals surface area contributed by atoms with E-state index in [2.05, 4.69) is 15.2 Å². The number of nitrogens with one attached hydrogen (secondary N) is 1. The van der Waals surface area contributed by atoms with Crippen molar-refractivity contribution in [1.82, 2.24) is 9.29 Å². The van der Waals surface area contributed by atoms with Gasteiger partial charge in [-0.15, -0.1) is 0 Å². The molecule has 0 spiro atoms. The Morgan fingerprint density at radius 3 is 2.45 bits per heavy atom. The quantitative estimate of drug-likeness (QED) is 0.775.